The molecule has 0 bridgehead atoms. The van der Waals surface area contributed by atoms with E-state index in [0.29, 0.717) is 11.7 Å². The highest BCUT2D eigenvalue weighted by Gasteiger charge is 2.36. The first-order valence-electron chi connectivity index (χ1n) is 5.21. The van der Waals surface area contributed by atoms with Crippen molar-refractivity contribution in [2.45, 2.75) is 45.1 Å². The maximum Gasteiger partial charge on any atom is 0.153 e. The van der Waals surface area contributed by atoms with Gasteiger partial charge in [-0.2, -0.15) is 0 Å². The van der Waals surface area contributed by atoms with E-state index in [1.54, 1.807) is 0 Å². The van der Waals surface area contributed by atoms with Crippen LogP contribution in [0, 0.1) is 5.92 Å². The minimum absolute atomic E-state index is 0.234. The van der Waals surface area contributed by atoms with Crippen LogP contribution in [0.5, 0.6) is 0 Å². The molecule has 1 fully saturated rings. The Balaban J connectivity index is 2.57. The molecule has 0 aliphatic heterocycles. The topological polar surface area (TPSA) is 20.3 Å². The first-order valence-corrected chi connectivity index (χ1v) is 5.21. The normalized spacial score (nSPS) is 21.6. The summed E-state index contributed by atoms with van der Waals surface area (Å²) in [5, 5.41) is 0. The third kappa shape index (κ3) is 2.31. The Morgan fingerprint density at radius 1 is 1.46 bits per heavy atom. The van der Waals surface area contributed by atoms with Crippen molar-refractivity contribution < 1.29 is 4.79 Å². The van der Waals surface area contributed by atoms with Crippen LogP contribution in [0.3, 0.4) is 0 Å². The molecular weight excluding hydrogens is 162 g/mol. The number of hydrogen-bond acceptors (Lipinski definition) is 2. The second-order valence-corrected chi connectivity index (χ2v) is 4.59. The van der Waals surface area contributed by atoms with E-state index in [2.05, 4.69) is 18.7 Å². The summed E-state index contributed by atoms with van der Waals surface area (Å²) in [6.07, 6.45) is 4.23. The number of carbonyl (C=O) groups is 1. The predicted octanol–water partition coefficient (Wildman–Crippen LogP) is 2.09. The molecule has 0 N–H and O–H groups in total. The van der Waals surface area contributed by atoms with E-state index in [4.69, 9.17) is 0 Å². The number of Topliss-reactive ketones (excluding diaryl/α,β-unsaturated/α-hetero) is 1. The molecule has 1 aliphatic carbocycles. The van der Waals surface area contributed by atoms with Gasteiger partial charge in [-0.15, -0.1) is 0 Å². The van der Waals surface area contributed by atoms with E-state index in [1.807, 2.05) is 14.1 Å². The van der Waals surface area contributed by atoms with Gasteiger partial charge in [0, 0.05) is 6.42 Å². The fraction of sp³-hybridized carbons (Fsp3) is 0.909. The van der Waals surface area contributed by atoms with E-state index < -0.39 is 0 Å². The maximum absolute atomic E-state index is 11.9. The SMILES string of the molecule is CCC(C)(C(=O)CC1CC1)N(C)C. The lowest BCUT2D eigenvalue weighted by molar-refractivity contribution is -0.129. The molecule has 0 aromatic carbocycles. The van der Waals surface area contributed by atoms with Crippen LogP contribution in [-0.4, -0.2) is 30.3 Å². The quantitative estimate of drug-likeness (QED) is 0.650. The third-order valence-corrected chi connectivity index (χ3v) is 3.45. The molecule has 1 unspecified atom stereocenters. The molecule has 2 nitrogen and oxygen atoms in total. The number of likely N-dealkylation sites (N-methyl/N-ethyl adjacent to an activating group) is 1. The highest BCUT2D eigenvalue weighted by atomic mass is 16.1. The Bertz CT molecular complexity index is 196. The van der Waals surface area contributed by atoms with E-state index in [1.165, 1.54) is 12.8 Å². The summed E-state index contributed by atoms with van der Waals surface area (Å²) in [7, 11) is 3.99. The molecule has 2 heteroatoms. The number of hydrogen-bond donors (Lipinski definition) is 0. The minimum atomic E-state index is -0.234. The van der Waals surface area contributed by atoms with E-state index in [-0.39, 0.29) is 5.54 Å². The molecule has 13 heavy (non-hydrogen) atoms. The summed E-state index contributed by atoms with van der Waals surface area (Å²) in [6.45, 7) is 4.14. The molecule has 1 atom stereocenters. The van der Waals surface area contributed by atoms with Crippen molar-refractivity contribution in [3.8, 4) is 0 Å². The van der Waals surface area contributed by atoms with Gasteiger partial charge in [0.05, 0.1) is 5.54 Å². The molecule has 0 saturated heterocycles. The summed E-state index contributed by atoms with van der Waals surface area (Å²) in [4.78, 5) is 14.0. The first-order chi connectivity index (χ1) is 6.00. The molecule has 1 aliphatic rings. The summed E-state index contributed by atoms with van der Waals surface area (Å²) >= 11 is 0. The fourth-order valence-electron chi connectivity index (χ4n) is 1.57. The molecule has 76 valence electrons. The van der Waals surface area contributed by atoms with E-state index in [9.17, 15) is 4.79 Å². The molecule has 1 rings (SSSR count). The maximum atomic E-state index is 11.9. The molecule has 0 heterocycles. The Kier molecular flexibility index (Phi) is 3.12. The van der Waals surface area contributed by atoms with Crippen LogP contribution >= 0.6 is 0 Å². The van der Waals surface area contributed by atoms with Crippen molar-refractivity contribution in [2.75, 3.05) is 14.1 Å². The smallest absolute Gasteiger partial charge is 0.153 e. The van der Waals surface area contributed by atoms with Gasteiger partial charge in [-0.3, -0.25) is 9.69 Å². The average molecular weight is 183 g/mol. The number of ketones is 1. The van der Waals surface area contributed by atoms with Gasteiger partial charge in [0.2, 0.25) is 0 Å². The van der Waals surface area contributed by atoms with E-state index >= 15 is 0 Å². The second-order valence-electron chi connectivity index (χ2n) is 4.59. The van der Waals surface area contributed by atoms with Crippen molar-refractivity contribution in [1.82, 2.24) is 4.90 Å². The van der Waals surface area contributed by atoms with Crippen LogP contribution in [0.15, 0.2) is 0 Å². The van der Waals surface area contributed by atoms with Gasteiger partial charge in [0.1, 0.15) is 0 Å². The van der Waals surface area contributed by atoms with E-state index in [0.717, 1.165) is 12.8 Å². The zero-order chi connectivity index (χ0) is 10.1. The molecule has 0 aromatic rings. The Hall–Kier alpha value is -0.370. The lowest BCUT2D eigenvalue weighted by Gasteiger charge is -2.34. The van der Waals surface area contributed by atoms with Crippen LogP contribution in [0.25, 0.3) is 0 Å². The largest absolute Gasteiger partial charge is 0.298 e. The summed E-state index contributed by atoms with van der Waals surface area (Å²) in [5.74, 6) is 1.13. The molecule has 0 radical (unpaired) electrons. The van der Waals surface area contributed by atoms with Gasteiger partial charge >= 0.3 is 0 Å². The van der Waals surface area contributed by atoms with Gasteiger partial charge in [-0.1, -0.05) is 6.92 Å². The molecule has 1 saturated carbocycles. The molecular formula is C11H21NO. The molecule has 0 spiro atoms. The Labute approximate surface area is 81.3 Å². The van der Waals surface area contributed by atoms with Gasteiger partial charge in [0.25, 0.3) is 0 Å². The van der Waals surface area contributed by atoms with Crippen LogP contribution < -0.4 is 0 Å². The van der Waals surface area contributed by atoms with Crippen LogP contribution in [0.1, 0.15) is 39.5 Å². The van der Waals surface area contributed by atoms with Gasteiger partial charge < -0.3 is 0 Å². The highest BCUT2D eigenvalue weighted by Crippen LogP contribution is 2.35. The fourth-order valence-corrected chi connectivity index (χ4v) is 1.57. The Morgan fingerprint density at radius 3 is 2.31 bits per heavy atom. The number of rotatable bonds is 5. The first kappa shape index (κ1) is 10.7. The van der Waals surface area contributed by atoms with Crippen molar-refractivity contribution in [2.24, 2.45) is 5.92 Å². The number of nitrogens with zero attached hydrogens (tertiary/aromatic N) is 1. The average Bonchev–Trinajstić information content (AvgIpc) is 2.86. The van der Waals surface area contributed by atoms with Crippen molar-refractivity contribution >= 4 is 5.78 Å². The van der Waals surface area contributed by atoms with Gasteiger partial charge in [-0.25, -0.2) is 0 Å². The second kappa shape index (κ2) is 3.79. The molecule has 0 amide bonds. The van der Waals surface area contributed by atoms with Crippen LogP contribution in [0.2, 0.25) is 0 Å². The minimum Gasteiger partial charge on any atom is -0.298 e. The Morgan fingerprint density at radius 2 is 2.00 bits per heavy atom. The van der Waals surface area contributed by atoms with Crippen molar-refractivity contribution in [3.05, 3.63) is 0 Å². The third-order valence-electron chi connectivity index (χ3n) is 3.45. The lowest BCUT2D eigenvalue weighted by atomic mass is 9.89. The van der Waals surface area contributed by atoms with Crippen LogP contribution in [0.4, 0.5) is 0 Å². The zero-order valence-electron chi connectivity index (χ0n) is 9.26. The lowest BCUT2D eigenvalue weighted by Crippen LogP contribution is -2.48. The number of carbonyl (C=O) groups excluding carboxylic acids is 1. The van der Waals surface area contributed by atoms with Gasteiger partial charge in [0.15, 0.2) is 5.78 Å². The summed E-state index contributed by atoms with van der Waals surface area (Å²) in [5.41, 5.74) is -0.234. The molecule has 0 aromatic heterocycles. The van der Waals surface area contributed by atoms with Gasteiger partial charge in [-0.05, 0) is 46.2 Å². The predicted molar refractivity (Wildman–Crippen MR) is 54.7 cm³/mol. The zero-order valence-corrected chi connectivity index (χ0v) is 9.26. The standard InChI is InChI=1S/C11H21NO/c1-5-11(2,12(3)4)10(13)8-9-6-7-9/h9H,5-8H2,1-4H3. The summed E-state index contributed by atoms with van der Waals surface area (Å²) < 4.78 is 0. The monoisotopic (exact) mass is 183 g/mol. The van der Waals surface area contributed by atoms with Crippen molar-refractivity contribution in [3.63, 3.8) is 0 Å². The van der Waals surface area contributed by atoms with Crippen molar-refractivity contribution in [1.29, 1.82) is 0 Å². The summed E-state index contributed by atoms with van der Waals surface area (Å²) in [6, 6.07) is 0. The highest BCUT2D eigenvalue weighted by molar-refractivity contribution is 5.88. The van der Waals surface area contributed by atoms with Crippen LogP contribution in [-0.2, 0) is 4.79 Å².